The molecule has 4 unspecified atom stereocenters. The zero-order valence-corrected chi connectivity index (χ0v) is 14.0. The van der Waals surface area contributed by atoms with Crippen molar-refractivity contribution in [2.75, 3.05) is 20.1 Å². The fraction of sp³-hybridized carbons (Fsp3) is 0.722. The van der Waals surface area contributed by atoms with Gasteiger partial charge in [0.2, 0.25) is 0 Å². The summed E-state index contributed by atoms with van der Waals surface area (Å²) < 4.78 is 0. The maximum atomic E-state index is 4.10. The normalized spacial score (nSPS) is 29.8. The molecule has 3 nitrogen and oxygen atoms in total. The Kier molecular flexibility index (Phi) is 6.19. The zero-order valence-electron chi connectivity index (χ0n) is 14.0. The van der Waals surface area contributed by atoms with Gasteiger partial charge in [-0.15, -0.1) is 0 Å². The Balaban J connectivity index is 1.94. The van der Waals surface area contributed by atoms with Gasteiger partial charge < -0.3 is 10.2 Å². The lowest BCUT2D eigenvalue weighted by molar-refractivity contribution is 0.110. The summed E-state index contributed by atoms with van der Waals surface area (Å²) in [5.74, 6) is 2.41. The van der Waals surface area contributed by atoms with E-state index >= 15 is 0 Å². The zero-order chi connectivity index (χ0) is 15.2. The van der Waals surface area contributed by atoms with Crippen LogP contribution in [0.3, 0.4) is 0 Å². The Hall–Kier alpha value is -0.930. The van der Waals surface area contributed by atoms with Crippen LogP contribution in [0.15, 0.2) is 24.5 Å². The summed E-state index contributed by atoms with van der Waals surface area (Å²) in [4.78, 5) is 6.57. The summed E-state index contributed by atoms with van der Waals surface area (Å²) in [6, 6.07) is 4.91. The van der Waals surface area contributed by atoms with Gasteiger partial charge >= 0.3 is 0 Å². The molecule has 1 aromatic rings. The van der Waals surface area contributed by atoms with Crippen molar-refractivity contribution < 1.29 is 0 Å². The lowest BCUT2D eigenvalue weighted by Gasteiger charge is -2.42. The van der Waals surface area contributed by atoms with Crippen molar-refractivity contribution in [2.45, 2.75) is 46.2 Å². The van der Waals surface area contributed by atoms with Crippen molar-refractivity contribution in [3.63, 3.8) is 0 Å². The van der Waals surface area contributed by atoms with E-state index in [0.29, 0.717) is 6.04 Å². The molecule has 118 valence electrons. The maximum Gasteiger partial charge on any atom is 0.0271 e. The molecule has 0 amide bonds. The molecule has 1 aliphatic carbocycles. The van der Waals surface area contributed by atoms with E-state index in [4.69, 9.17) is 0 Å². The van der Waals surface area contributed by atoms with Crippen LogP contribution in [-0.2, 0) is 6.54 Å². The minimum atomic E-state index is 0.675. The third-order valence-electron chi connectivity index (χ3n) is 4.87. The van der Waals surface area contributed by atoms with Gasteiger partial charge in [-0.3, -0.25) is 4.98 Å². The Morgan fingerprint density at radius 3 is 2.62 bits per heavy atom. The molecule has 0 bridgehead atoms. The van der Waals surface area contributed by atoms with Gasteiger partial charge in [-0.1, -0.05) is 20.8 Å². The van der Waals surface area contributed by atoms with E-state index in [-0.39, 0.29) is 0 Å². The molecule has 0 radical (unpaired) electrons. The number of pyridine rings is 1. The van der Waals surface area contributed by atoms with Crippen molar-refractivity contribution in [1.29, 1.82) is 0 Å². The fourth-order valence-corrected chi connectivity index (χ4v) is 3.94. The number of nitrogens with one attached hydrogen (secondary N) is 1. The standard InChI is InChI=1S/C18H31N3/c1-5-20-18-11-14(2)10-15(3)17(18)13-21(4)12-16-6-8-19-9-7-16/h6-9,14-15,17-18,20H,5,10-13H2,1-4H3. The monoisotopic (exact) mass is 289 g/mol. The number of aromatic nitrogens is 1. The Morgan fingerprint density at radius 2 is 1.95 bits per heavy atom. The molecule has 1 saturated carbocycles. The molecule has 1 fully saturated rings. The van der Waals surface area contributed by atoms with Crippen molar-refractivity contribution >= 4 is 0 Å². The molecular weight excluding hydrogens is 258 g/mol. The van der Waals surface area contributed by atoms with Crippen molar-refractivity contribution in [2.24, 2.45) is 17.8 Å². The molecule has 1 aromatic heterocycles. The van der Waals surface area contributed by atoms with E-state index < -0.39 is 0 Å². The first-order valence-electron chi connectivity index (χ1n) is 8.41. The minimum Gasteiger partial charge on any atom is -0.314 e. The maximum absolute atomic E-state index is 4.10. The molecule has 1 heterocycles. The van der Waals surface area contributed by atoms with Gasteiger partial charge in [0.25, 0.3) is 0 Å². The summed E-state index contributed by atoms with van der Waals surface area (Å²) in [5.41, 5.74) is 1.35. The van der Waals surface area contributed by atoms with Gasteiger partial charge in [-0.2, -0.15) is 0 Å². The van der Waals surface area contributed by atoms with E-state index in [2.05, 4.69) is 55.2 Å². The van der Waals surface area contributed by atoms with Crippen LogP contribution in [0.4, 0.5) is 0 Å². The summed E-state index contributed by atoms with van der Waals surface area (Å²) >= 11 is 0. The van der Waals surface area contributed by atoms with Crippen LogP contribution < -0.4 is 5.32 Å². The molecule has 0 saturated heterocycles. The molecule has 2 rings (SSSR count). The van der Waals surface area contributed by atoms with Crippen LogP contribution in [-0.4, -0.2) is 36.1 Å². The van der Waals surface area contributed by atoms with E-state index in [1.807, 2.05) is 12.4 Å². The third-order valence-corrected chi connectivity index (χ3v) is 4.87. The molecule has 21 heavy (non-hydrogen) atoms. The molecule has 0 aromatic carbocycles. The molecule has 3 heteroatoms. The van der Waals surface area contributed by atoms with Crippen molar-refractivity contribution in [3.05, 3.63) is 30.1 Å². The van der Waals surface area contributed by atoms with Gasteiger partial charge in [0.15, 0.2) is 0 Å². The summed E-state index contributed by atoms with van der Waals surface area (Å²) in [6.07, 6.45) is 6.46. The largest absolute Gasteiger partial charge is 0.314 e. The third kappa shape index (κ3) is 4.79. The molecule has 1 aliphatic rings. The highest BCUT2D eigenvalue weighted by Crippen LogP contribution is 2.34. The smallest absolute Gasteiger partial charge is 0.0271 e. The minimum absolute atomic E-state index is 0.675. The number of rotatable bonds is 6. The second-order valence-corrected chi connectivity index (χ2v) is 6.93. The second kappa shape index (κ2) is 7.90. The summed E-state index contributed by atoms with van der Waals surface area (Å²) in [5, 5.41) is 3.73. The molecule has 0 spiro atoms. The van der Waals surface area contributed by atoms with Crippen LogP contribution in [0.2, 0.25) is 0 Å². The Morgan fingerprint density at radius 1 is 1.24 bits per heavy atom. The van der Waals surface area contributed by atoms with E-state index in [1.54, 1.807) is 0 Å². The lowest BCUT2D eigenvalue weighted by atomic mass is 9.72. The number of hydrogen-bond donors (Lipinski definition) is 1. The predicted octanol–water partition coefficient (Wildman–Crippen LogP) is 3.17. The Labute approximate surface area is 130 Å². The first-order chi connectivity index (χ1) is 10.1. The molecule has 4 atom stereocenters. The average Bonchev–Trinajstić information content (AvgIpc) is 2.44. The van der Waals surface area contributed by atoms with E-state index in [0.717, 1.165) is 30.8 Å². The van der Waals surface area contributed by atoms with Gasteiger partial charge in [-0.05, 0) is 61.9 Å². The van der Waals surface area contributed by atoms with E-state index in [1.165, 1.54) is 24.9 Å². The highest BCUT2D eigenvalue weighted by molar-refractivity contribution is 5.09. The fourth-order valence-electron chi connectivity index (χ4n) is 3.94. The van der Waals surface area contributed by atoms with Crippen LogP contribution in [0.1, 0.15) is 39.2 Å². The van der Waals surface area contributed by atoms with Crippen LogP contribution in [0.25, 0.3) is 0 Å². The van der Waals surface area contributed by atoms with Crippen molar-refractivity contribution in [3.8, 4) is 0 Å². The van der Waals surface area contributed by atoms with Crippen LogP contribution in [0, 0.1) is 17.8 Å². The topological polar surface area (TPSA) is 28.2 Å². The SMILES string of the molecule is CCNC1CC(C)CC(C)C1CN(C)Cc1ccncc1. The first kappa shape index (κ1) is 16.4. The van der Waals surface area contributed by atoms with E-state index in [9.17, 15) is 0 Å². The predicted molar refractivity (Wildman–Crippen MR) is 89.1 cm³/mol. The highest BCUT2D eigenvalue weighted by Gasteiger charge is 2.33. The first-order valence-corrected chi connectivity index (χ1v) is 8.41. The van der Waals surface area contributed by atoms with Crippen LogP contribution in [0.5, 0.6) is 0 Å². The summed E-state index contributed by atoms with van der Waals surface area (Å²) in [6.45, 7) is 10.3. The number of nitrogens with zero attached hydrogens (tertiary/aromatic N) is 2. The highest BCUT2D eigenvalue weighted by atomic mass is 15.1. The quantitative estimate of drug-likeness (QED) is 0.872. The van der Waals surface area contributed by atoms with Gasteiger partial charge in [-0.25, -0.2) is 0 Å². The molecule has 0 aliphatic heterocycles. The lowest BCUT2D eigenvalue weighted by Crippen LogP contribution is -2.48. The second-order valence-electron chi connectivity index (χ2n) is 6.93. The van der Waals surface area contributed by atoms with Crippen LogP contribution >= 0.6 is 0 Å². The van der Waals surface area contributed by atoms with Gasteiger partial charge in [0.1, 0.15) is 0 Å². The molecule has 1 N–H and O–H groups in total. The summed E-state index contributed by atoms with van der Waals surface area (Å²) in [7, 11) is 2.24. The van der Waals surface area contributed by atoms with Crippen molar-refractivity contribution in [1.82, 2.24) is 15.2 Å². The van der Waals surface area contributed by atoms with Gasteiger partial charge in [0.05, 0.1) is 0 Å². The van der Waals surface area contributed by atoms with Gasteiger partial charge in [0, 0.05) is 31.5 Å². The molecular formula is C18H31N3. The average molecular weight is 289 g/mol. The Bertz CT molecular complexity index is 406. The number of hydrogen-bond acceptors (Lipinski definition) is 3.